The number of hydrogen-bond donors (Lipinski definition) is 2. The van der Waals surface area contributed by atoms with E-state index in [1.807, 2.05) is 37.1 Å². The van der Waals surface area contributed by atoms with Gasteiger partial charge < -0.3 is 10.4 Å². The normalized spacial score (nSPS) is 19.2. The van der Waals surface area contributed by atoms with Crippen LogP contribution in [0, 0.1) is 6.92 Å². The van der Waals surface area contributed by atoms with Crippen molar-refractivity contribution < 1.29 is 14.7 Å². The predicted molar refractivity (Wildman–Crippen MR) is 97.5 cm³/mol. The van der Waals surface area contributed by atoms with E-state index in [9.17, 15) is 9.59 Å². The highest BCUT2D eigenvalue weighted by atomic mass is 16.4. The molecular weight excluding hydrogens is 332 g/mol. The molecule has 1 aliphatic carbocycles. The van der Waals surface area contributed by atoms with E-state index in [-0.39, 0.29) is 24.5 Å². The summed E-state index contributed by atoms with van der Waals surface area (Å²) < 4.78 is 1.77. The second kappa shape index (κ2) is 7.70. The zero-order valence-electron chi connectivity index (χ0n) is 15.1. The Morgan fingerprint density at radius 1 is 1.31 bits per heavy atom. The first-order valence-corrected chi connectivity index (χ1v) is 8.84. The van der Waals surface area contributed by atoms with Crippen molar-refractivity contribution in [2.24, 2.45) is 0 Å². The number of carboxylic acids is 1. The standard InChI is InChI=1S/C19H24N4O3/c1-3-22(12-18(24)25)17-8-15(9-17)21-19(26)14-4-6-16(7-5-14)23-11-13(2)10-20-23/h4-7,10-11,15,17H,3,8-9,12H2,1-2H3,(H,21,26)(H,24,25). The number of nitrogens with one attached hydrogen (secondary N) is 1. The zero-order valence-corrected chi connectivity index (χ0v) is 15.1. The maximum atomic E-state index is 12.4. The van der Waals surface area contributed by atoms with Gasteiger partial charge in [-0.3, -0.25) is 14.5 Å². The Kier molecular flexibility index (Phi) is 5.37. The van der Waals surface area contributed by atoms with Crippen LogP contribution in [-0.2, 0) is 4.79 Å². The summed E-state index contributed by atoms with van der Waals surface area (Å²) in [4.78, 5) is 25.2. The van der Waals surface area contributed by atoms with E-state index in [1.165, 1.54) is 0 Å². The lowest BCUT2D eigenvalue weighted by molar-refractivity contribution is -0.139. The summed E-state index contributed by atoms with van der Waals surface area (Å²) in [6, 6.07) is 7.66. The van der Waals surface area contributed by atoms with Crippen LogP contribution >= 0.6 is 0 Å². The third-order valence-corrected chi connectivity index (χ3v) is 4.82. The summed E-state index contributed by atoms with van der Waals surface area (Å²) in [6.45, 7) is 4.69. The number of carbonyl (C=O) groups excluding carboxylic acids is 1. The Balaban J connectivity index is 1.52. The molecule has 1 saturated carbocycles. The molecule has 1 amide bonds. The molecule has 2 aromatic rings. The number of carbonyl (C=O) groups is 2. The SMILES string of the molecule is CCN(CC(=O)O)C1CC(NC(=O)c2ccc(-n3cc(C)cn3)cc2)C1. The third kappa shape index (κ3) is 4.11. The van der Waals surface area contributed by atoms with Crippen molar-refractivity contribution in [2.75, 3.05) is 13.1 Å². The van der Waals surface area contributed by atoms with Gasteiger partial charge in [0.05, 0.1) is 18.4 Å². The lowest BCUT2D eigenvalue weighted by Crippen LogP contribution is -2.54. The lowest BCUT2D eigenvalue weighted by atomic mass is 9.85. The molecule has 26 heavy (non-hydrogen) atoms. The van der Waals surface area contributed by atoms with Gasteiger partial charge >= 0.3 is 5.97 Å². The highest BCUT2D eigenvalue weighted by Crippen LogP contribution is 2.26. The van der Waals surface area contributed by atoms with Gasteiger partial charge in [0, 0.05) is 23.8 Å². The molecule has 1 fully saturated rings. The van der Waals surface area contributed by atoms with Crippen molar-refractivity contribution in [3.05, 3.63) is 47.8 Å². The van der Waals surface area contributed by atoms with Gasteiger partial charge in [-0.25, -0.2) is 4.68 Å². The van der Waals surface area contributed by atoms with Crippen LogP contribution in [0.25, 0.3) is 5.69 Å². The number of hydrogen-bond acceptors (Lipinski definition) is 4. The van der Waals surface area contributed by atoms with Crippen molar-refractivity contribution in [2.45, 2.75) is 38.8 Å². The van der Waals surface area contributed by atoms with E-state index in [4.69, 9.17) is 5.11 Å². The Morgan fingerprint density at radius 3 is 2.54 bits per heavy atom. The van der Waals surface area contributed by atoms with Gasteiger partial charge in [-0.1, -0.05) is 6.92 Å². The average molecular weight is 356 g/mol. The van der Waals surface area contributed by atoms with E-state index in [1.54, 1.807) is 23.0 Å². The summed E-state index contributed by atoms with van der Waals surface area (Å²) in [5.74, 6) is -0.912. The number of benzene rings is 1. The Labute approximate surface area is 152 Å². The maximum Gasteiger partial charge on any atom is 0.317 e. The first-order valence-electron chi connectivity index (χ1n) is 8.84. The van der Waals surface area contributed by atoms with Gasteiger partial charge in [0.15, 0.2) is 0 Å². The summed E-state index contributed by atoms with van der Waals surface area (Å²) in [5.41, 5.74) is 2.60. The molecule has 2 N–H and O–H groups in total. The van der Waals surface area contributed by atoms with Crippen LogP contribution < -0.4 is 5.32 Å². The molecule has 0 radical (unpaired) electrons. The van der Waals surface area contributed by atoms with E-state index in [0.717, 1.165) is 24.1 Å². The van der Waals surface area contributed by atoms with E-state index in [2.05, 4.69) is 10.4 Å². The van der Waals surface area contributed by atoms with Gasteiger partial charge in [0.2, 0.25) is 0 Å². The topological polar surface area (TPSA) is 87.5 Å². The third-order valence-electron chi connectivity index (χ3n) is 4.82. The van der Waals surface area contributed by atoms with Crippen molar-refractivity contribution in [1.82, 2.24) is 20.0 Å². The largest absolute Gasteiger partial charge is 0.480 e. The zero-order chi connectivity index (χ0) is 18.7. The Bertz CT molecular complexity index is 778. The molecule has 0 aliphatic heterocycles. The van der Waals surface area contributed by atoms with Crippen LogP contribution in [0.3, 0.4) is 0 Å². The molecule has 3 rings (SSSR count). The number of carboxylic acid groups (broad SMARTS) is 1. The van der Waals surface area contributed by atoms with Crippen molar-refractivity contribution in [3.63, 3.8) is 0 Å². The monoisotopic (exact) mass is 356 g/mol. The summed E-state index contributed by atoms with van der Waals surface area (Å²) >= 11 is 0. The van der Waals surface area contributed by atoms with Gasteiger partial charge in [-0.05, 0) is 56.1 Å². The summed E-state index contributed by atoms with van der Waals surface area (Å²) in [6.07, 6.45) is 5.30. The number of likely N-dealkylation sites (N-methyl/N-ethyl adjacent to an activating group) is 1. The van der Waals surface area contributed by atoms with Crippen molar-refractivity contribution in [3.8, 4) is 5.69 Å². The Hall–Kier alpha value is -2.67. The van der Waals surface area contributed by atoms with Crippen LogP contribution in [0.2, 0.25) is 0 Å². The van der Waals surface area contributed by atoms with E-state index < -0.39 is 5.97 Å². The van der Waals surface area contributed by atoms with Crippen molar-refractivity contribution >= 4 is 11.9 Å². The number of rotatable bonds is 7. The van der Waals surface area contributed by atoms with Crippen molar-refractivity contribution in [1.29, 1.82) is 0 Å². The number of aryl methyl sites for hydroxylation is 1. The number of aromatic nitrogens is 2. The van der Waals surface area contributed by atoms with Crippen LogP contribution in [0.4, 0.5) is 0 Å². The molecule has 138 valence electrons. The second-order valence-electron chi connectivity index (χ2n) is 6.76. The highest BCUT2D eigenvalue weighted by Gasteiger charge is 2.34. The fourth-order valence-electron chi connectivity index (χ4n) is 3.26. The fraction of sp³-hybridized carbons (Fsp3) is 0.421. The van der Waals surface area contributed by atoms with Crippen LogP contribution in [0.5, 0.6) is 0 Å². The van der Waals surface area contributed by atoms with Gasteiger partial charge in [-0.2, -0.15) is 5.10 Å². The molecule has 1 heterocycles. The molecule has 0 atom stereocenters. The molecule has 0 spiro atoms. The number of amides is 1. The minimum Gasteiger partial charge on any atom is -0.480 e. The van der Waals surface area contributed by atoms with E-state index in [0.29, 0.717) is 12.1 Å². The molecule has 7 heteroatoms. The van der Waals surface area contributed by atoms with Crippen LogP contribution in [-0.4, -0.2) is 56.8 Å². The average Bonchev–Trinajstić information content (AvgIpc) is 3.02. The lowest BCUT2D eigenvalue weighted by Gasteiger charge is -2.42. The first kappa shape index (κ1) is 18.1. The number of nitrogens with zero attached hydrogens (tertiary/aromatic N) is 3. The molecule has 1 aromatic heterocycles. The molecule has 7 nitrogen and oxygen atoms in total. The minimum absolute atomic E-state index is 0.0518. The molecule has 1 aromatic carbocycles. The van der Waals surface area contributed by atoms with E-state index >= 15 is 0 Å². The molecule has 1 aliphatic rings. The molecular formula is C19H24N4O3. The van der Waals surface area contributed by atoms with Crippen LogP contribution in [0.15, 0.2) is 36.7 Å². The molecule has 0 bridgehead atoms. The minimum atomic E-state index is -0.813. The number of aliphatic carboxylic acids is 1. The quantitative estimate of drug-likeness (QED) is 0.790. The second-order valence-corrected chi connectivity index (χ2v) is 6.76. The maximum absolute atomic E-state index is 12.4. The molecule has 0 unspecified atom stereocenters. The smallest absolute Gasteiger partial charge is 0.317 e. The van der Waals surface area contributed by atoms with Crippen LogP contribution in [0.1, 0.15) is 35.7 Å². The molecule has 0 saturated heterocycles. The van der Waals surface area contributed by atoms with Gasteiger partial charge in [-0.15, -0.1) is 0 Å². The summed E-state index contributed by atoms with van der Waals surface area (Å²) in [5, 5.41) is 16.2. The first-order chi connectivity index (χ1) is 12.5. The van der Waals surface area contributed by atoms with Gasteiger partial charge in [0.25, 0.3) is 5.91 Å². The fourth-order valence-corrected chi connectivity index (χ4v) is 3.26. The van der Waals surface area contributed by atoms with Gasteiger partial charge in [0.1, 0.15) is 0 Å². The summed E-state index contributed by atoms with van der Waals surface area (Å²) in [7, 11) is 0. The Morgan fingerprint density at radius 2 is 2.00 bits per heavy atom. The highest BCUT2D eigenvalue weighted by molar-refractivity contribution is 5.94. The predicted octanol–water partition coefficient (Wildman–Crippen LogP) is 1.85.